The van der Waals surface area contributed by atoms with Gasteiger partial charge in [0.05, 0.1) is 23.4 Å². The van der Waals surface area contributed by atoms with Crippen LogP contribution in [0.2, 0.25) is 0 Å². The first kappa shape index (κ1) is 40.3. The van der Waals surface area contributed by atoms with Crippen LogP contribution in [0.4, 0.5) is 13.9 Å². The molecule has 0 unspecified atom stereocenters. The standard InChI is InChI=1S/C42H50F2N6O6S2/c1-40(2,3)34-37(52)50-21-25(18-32(50)36(51)47-42(20-31(42)35(43)44)38(53)49-58(54,55)26-13-14-26)56-48-33-29-11-7-6-10-27(29)28-15-12-23(17-30(28)33)9-8-16-41(4,5)19-24-22-57-39(45-24)46-34/h6-7,10-12,15,17,22,25-26,31-32,34-35H,8-9,13-14,16,18-21H2,1-5H3,(H,45,46)(H,47,51)(H,49,53)/b48-33-/t25-,31+,32+,34-,42-/m1/s1. The van der Waals surface area contributed by atoms with E-state index < -0.39 is 80.9 Å². The Hall–Kier alpha value is -4.44. The van der Waals surface area contributed by atoms with Gasteiger partial charge in [-0.05, 0) is 78.5 Å². The first-order chi connectivity index (χ1) is 27.3. The molecule has 6 bridgehead atoms. The number of nitrogens with one attached hydrogen (secondary N) is 3. The van der Waals surface area contributed by atoms with Crippen LogP contribution in [0.1, 0.15) is 95.5 Å². The largest absolute Gasteiger partial charge is 0.390 e. The van der Waals surface area contributed by atoms with Gasteiger partial charge in [-0.3, -0.25) is 19.1 Å². The SMILES string of the molecule is CC1(C)CCCc2ccc3c(c2)/C(=N\O[C@@H]2C[C@@H](C(=O)N[C@]4(C(=O)NS(=O)(=O)C5CC5)C[C@H]4C(F)F)N(C2)C(=O)[C@H](C(C)(C)C)Nc2nc(cs2)C1)c1ccccc1-3. The van der Waals surface area contributed by atoms with E-state index in [1.54, 1.807) is 0 Å². The van der Waals surface area contributed by atoms with E-state index in [1.807, 2.05) is 55.1 Å². The summed E-state index contributed by atoms with van der Waals surface area (Å²) in [6, 6.07) is 12.2. The van der Waals surface area contributed by atoms with Crippen molar-refractivity contribution in [2.24, 2.45) is 21.9 Å². The lowest BCUT2D eigenvalue weighted by Crippen LogP contribution is -2.59. The Morgan fingerprint density at radius 2 is 1.79 bits per heavy atom. The van der Waals surface area contributed by atoms with Gasteiger partial charge < -0.3 is 20.4 Å². The van der Waals surface area contributed by atoms with E-state index in [2.05, 4.69) is 42.7 Å². The van der Waals surface area contributed by atoms with Crippen molar-refractivity contribution < 1.29 is 36.4 Å². The Kier molecular flexibility index (Phi) is 10.2. The number of hydrogen-bond acceptors (Lipinski definition) is 10. The normalized spacial score (nSPS) is 27.8. The summed E-state index contributed by atoms with van der Waals surface area (Å²) in [5.41, 5.74) is 3.63. The molecule has 3 fully saturated rings. The van der Waals surface area contributed by atoms with E-state index >= 15 is 0 Å². The van der Waals surface area contributed by atoms with Crippen LogP contribution in [-0.2, 0) is 42.1 Å². The van der Waals surface area contributed by atoms with Gasteiger partial charge in [0.1, 0.15) is 29.4 Å². The number of amides is 3. The molecule has 310 valence electrons. The fourth-order valence-corrected chi connectivity index (χ4v) is 10.7. The number of thiazole rings is 1. The molecular formula is C42H50F2N6O6S2. The maximum Gasteiger partial charge on any atom is 0.259 e. The van der Waals surface area contributed by atoms with E-state index in [9.17, 15) is 31.6 Å². The van der Waals surface area contributed by atoms with E-state index in [4.69, 9.17) is 15.0 Å². The third-order valence-electron chi connectivity index (χ3n) is 12.1. The predicted octanol–water partition coefficient (Wildman–Crippen LogP) is 6.04. The van der Waals surface area contributed by atoms with Crippen LogP contribution in [0.5, 0.6) is 0 Å². The average molecular weight is 837 g/mol. The molecule has 5 atom stereocenters. The number of nitrogens with zero attached hydrogens (tertiary/aromatic N) is 3. The van der Waals surface area contributed by atoms with Gasteiger partial charge in [-0.1, -0.05) is 76.2 Å². The number of oxime groups is 1. The van der Waals surface area contributed by atoms with Crippen molar-refractivity contribution in [2.45, 2.75) is 121 Å². The Morgan fingerprint density at radius 3 is 2.48 bits per heavy atom. The molecule has 3 N–H and O–H groups in total. The second-order valence-electron chi connectivity index (χ2n) is 18.4. The molecule has 2 aliphatic heterocycles. The van der Waals surface area contributed by atoms with Gasteiger partial charge in [0, 0.05) is 22.9 Å². The number of alkyl halides is 2. The van der Waals surface area contributed by atoms with Gasteiger partial charge in [0.25, 0.3) is 5.91 Å². The van der Waals surface area contributed by atoms with Crippen LogP contribution in [0.3, 0.4) is 0 Å². The molecule has 5 aliphatic rings. The van der Waals surface area contributed by atoms with E-state index in [0.717, 1.165) is 59.2 Å². The number of benzene rings is 2. The van der Waals surface area contributed by atoms with Crippen LogP contribution in [0, 0.1) is 16.7 Å². The van der Waals surface area contributed by atoms with Crippen molar-refractivity contribution in [3.05, 3.63) is 70.2 Å². The molecule has 2 aromatic carbocycles. The van der Waals surface area contributed by atoms with Crippen molar-refractivity contribution in [2.75, 3.05) is 11.9 Å². The van der Waals surface area contributed by atoms with Crippen molar-refractivity contribution >= 4 is 49.9 Å². The lowest BCUT2D eigenvalue weighted by atomic mass is 9.82. The fourth-order valence-electron chi connectivity index (χ4n) is 8.62. The number of fused-ring (bicyclic) bond motifs is 8. The number of aryl methyl sites for hydroxylation is 1. The van der Waals surface area contributed by atoms with Crippen LogP contribution in [-0.4, -0.2) is 83.7 Å². The molecular weight excluding hydrogens is 787 g/mol. The zero-order valence-electron chi connectivity index (χ0n) is 33.3. The predicted molar refractivity (Wildman–Crippen MR) is 217 cm³/mol. The van der Waals surface area contributed by atoms with Crippen LogP contribution < -0.4 is 15.4 Å². The Labute approximate surface area is 341 Å². The maximum absolute atomic E-state index is 14.8. The average Bonchev–Trinajstić information content (AvgIpc) is 4.02. The monoisotopic (exact) mass is 836 g/mol. The minimum atomic E-state index is -4.10. The molecule has 1 aromatic heterocycles. The van der Waals surface area contributed by atoms with Crippen molar-refractivity contribution in [1.82, 2.24) is 19.9 Å². The summed E-state index contributed by atoms with van der Waals surface area (Å²) in [7, 11) is -4.10. The summed E-state index contributed by atoms with van der Waals surface area (Å²) in [6.07, 6.45) is -0.0665. The van der Waals surface area contributed by atoms with E-state index in [-0.39, 0.29) is 18.4 Å². The zero-order valence-corrected chi connectivity index (χ0v) is 34.9. The molecule has 1 saturated heterocycles. The Bertz CT molecular complexity index is 2290. The molecule has 12 nitrogen and oxygen atoms in total. The summed E-state index contributed by atoms with van der Waals surface area (Å²) in [5, 5.41) is 12.3. The first-order valence-electron chi connectivity index (χ1n) is 20.0. The third kappa shape index (κ3) is 7.85. The molecule has 3 aliphatic carbocycles. The highest BCUT2D eigenvalue weighted by Gasteiger charge is 2.67. The number of carbonyl (C=O) groups is 3. The van der Waals surface area contributed by atoms with E-state index in [0.29, 0.717) is 23.7 Å². The van der Waals surface area contributed by atoms with Gasteiger partial charge in [-0.15, -0.1) is 11.3 Å². The number of carbonyl (C=O) groups excluding carboxylic acids is 3. The molecule has 0 spiro atoms. The number of rotatable bonds is 6. The minimum absolute atomic E-state index is 0.0504. The van der Waals surface area contributed by atoms with Gasteiger partial charge in [-0.25, -0.2) is 22.2 Å². The van der Waals surface area contributed by atoms with Crippen molar-refractivity contribution in [1.29, 1.82) is 0 Å². The lowest BCUT2D eigenvalue weighted by Gasteiger charge is -2.35. The summed E-state index contributed by atoms with van der Waals surface area (Å²) in [5.74, 6) is -4.12. The maximum atomic E-state index is 14.8. The minimum Gasteiger partial charge on any atom is -0.390 e. The topological polar surface area (TPSA) is 159 Å². The molecule has 16 heteroatoms. The lowest BCUT2D eigenvalue weighted by molar-refractivity contribution is -0.141. The van der Waals surface area contributed by atoms with Crippen LogP contribution in [0.25, 0.3) is 11.1 Å². The Balaban J connectivity index is 1.15. The molecule has 58 heavy (non-hydrogen) atoms. The number of hydrogen-bond donors (Lipinski definition) is 3. The molecule has 0 radical (unpaired) electrons. The zero-order chi connectivity index (χ0) is 41.4. The highest BCUT2D eigenvalue weighted by Crippen LogP contribution is 2.49. The first-order valence-corrected chi connectivity index (χ1v) is 22.4. The number of halogens is 2. The molecule has 3 amide bonds. The van der Waals surface area contributed by atoms with E-state index in [1.165, 1.54) is 16.2 Å². The third-order valence-corrected chi connectivity index (χ3v) is 14.8. The summed E-state index contributed by atoms with van der Waals surface area (Å²) >= 11 is 1.39. The highest BCUT2D eigenvalue weighted by atomic mass is 32.2. The van der Waals surface area contributed by atoms with Crippen LogP contribution in [0.15, 0.2) is 53.0 Å². The smallest absolute Gasteiger partial charge is 0.259 e. The number of anilines is 1. The van der Waals surface area contributed by atoms with Gasteiger partial charge >= 0.3 is 0 Å². The molecule has 3 aromatic rings. The quantitative estimate of drug-likeness (QED) is 0.212. The van der Waals surface area contributed by atoms with Gasteiger partial charge in [0.15, 0.2) is 5.13 Å². The highest BCUT2D eigenvalue weighted by molar-refractivity contribution is 7.91. The van der Waals surface area contributed by atoms with Crippen LogP contribution >= 0.6 is 11.3 Å². The second-order valence-corrected chi connectivity index (χ2v) is 21.2. The van der Waals surface area contributed by atoms with Gasteiger partial charge in [-0.2, -0.15) is 0 Å². The van der Waals surface area contributed by atoms with Crippen molar-refractivity contribution in [3.8, 4) is 11.1 Å². The van der Waals surface area contributed by atoms with Crippen molar-refractivity contribution in [3.63, 3.8) is 0 Å². The summed E-state index contributed by atoms with van der Waals surface area (Å²) in [6.45, 7) is 10.1. The molecule has 2 saturated carbocycles. The molecule has 8 rings (SSSR count). The summed E-state index contributed by atoms with van der Waals surface area (Å²) < 4.78 is 55.8. The summed E-state index contributed by atoms with van der Waals surface area (Å²) in [4.78, 5) is 55.2. The number of sulfonamides is 1. The van der Waals surface area contributed by atoms with Gasteiger partial charge in [0.2, 0.25) is 28.3 Å². The Morgan fingerprint density at radius 1 is 1.07 bits per heavy atom. The fraction of sp³-hybridized carbons (Fsp3) is 0.548. The number of aromatic nitrogens is 1. The second kappa shape index (κ2) is 14.7. The molecule has 3 heterocycles.